The summed E-state index contributed by atoms with van der Waals surface area (Å²) in [5, 5.41) is 0. The predicted molar refractivity (Wildman–Crippen MR) is 84.9 cm³/mol. The van der Waals surface area contributed by atoms with Gasteiger partial charge in [-0.25, -0.2) is 13.4 Å². The number of hydrogen-bond acceptors (Lipinski definition) is 5. The molecule has 2 fully saturated rings. The normalized spacial score (nSPS) is 22.7. The lowest BCUT2D eigenvalue weighted by Crippen LogP contribution is -2.30. The Hall–Kier alpha value is -1.39. The minimum Gasteiger partial charge on any atom is -0.380 e. The van der Waals surface area contributed by atoms with E-state index < -0.39 is 26.7 Å². The number of methoxy groups -OCH3 is 1. The molecule has 0 N–H and O–H groups in total. The summed E-state index contributed by atoms with van der Waals surface area (Å²) in [6, 6.07) is 0.704. The van der Waals surface area contributed by atoms with Gasteiger partial charge < -0.3 is 9.64 Å². The van der Waals surface area contributed by atoms with Gasteiger partial charge in [-0.05, 0) is 25.3 Å². The summed E-state index contributed by atoms with van der Waals surface area (Å²) in [5.41, 5.74) is -1.02. The molecule has 0 aromatic carbocycles. The molecule has 0 amide bonds. The molecule has 3 rings (SSSR count). The number of rotatable bonds is 4. The smallest absolute Gasteiger partial charge is 0.380 e. The van der Waals surface area contributed by atoms with E-state index in [1.807, 2.05) is 0 Å². The summed E-state index contributed by atoms with van der Waals surface area (Å²) >= 11 is 0. The Bertz CT molecular complexity index is 733. The topological polar surface area (TPSA) is 62.7 Å². The fourth-order valence-electron chi connectivity index (χ4n) is 3.23. The van der Waals surface area contributed by atoms with Gasteiger partial charge in [0.15, 0.2) is 0 Å². The number of anilines is 1. The molecule has 1 aromatic rings. The highest BCUT2D eigenvalue weighted by atomic mass is 32.2. The molecule has 0 aliphatic carbocycles. The van der Waals surface area contributed by atoms with Crippen LogP contribution >= 0.6 is 0 Å². The molecule has 0 bridgehead atoms. The Balaban J connectivity index is 1.99. The summed E-state index contributed by atoms with van der Waals surface area (Å²) in [5.74, 6) is -0.243. The van der Waals surface area contributed by atoms with Gasteiger partial charge in [-0.3, -0.25) is 0 Å². The van der Waals surface area contributed by atoms with Gasteiger partial charge in [0.25, 0.3) is 0 Å². The van der Waals surface area contributed by atoms with Gasteiger partial charge in [-0.1, -0.05) is 0 Å². The molecule has 2 aliphatic rings. The number of pyridine rings is 1. The van der Waals surface area contributed by atoms with E-state index in [9.17, 15) is 21.6 Å². The summed E-state index contributed by atoms with van der Waals surface area (Å²) < 4.78 is 72.0. The zero-order valence-electron chi connectivity index (χ0n) is 13.8. The van der Waals surface area contributed by atoms with E-state index in [4.69, 9.17) is 4.74 Å². The van der Waals surface area contributed by atoms with Crippen molar-refractivity contribution in [1.82, 2.24) is 9.29 Å². The zero-order valence-corrected chi connectivity index (χ0v) is 14.6. The van der Waals surface area contributed by atoms with Crippen molar-refractivity contribution in [2.75, 3.05) is 38.2 Å². The third kappa shape index (κ3) is 3.61. The van der Waals surface area contributed by atoms with Crippen molar-refractivity contribution in [1.29, 1.82) is 0 Å². The number of nitrogens with zero attached hydrogens (tertiary/aromatic N) is 3. The van der Waals surface area contributed by atoms with E-state index in [-0.39, 0.29) is 11.9 Å². The highest BCUT2D eigenvalue weighted by Crippen LogP contribution is 2.38. The van der Waals surface area contributed by atoms with Crippen molar-refractivity contribution >= 4 is 15.8 Å². The Morgan fingerprint density at radius 3 is 2.48 bits per heavy atom. The molecule has 140 valence electrons. The lowest BCUT2D eigenvalue weighted by Gasteiger charge is -2.23. The molecule has 0 unspecified atom stereocenters. The monoisotopic (exact) mass is 379 g/mol. The van der Waals surface area contributed by atoms with Gasteiger partial charge in [0.05, 0.1) is 11.7 Å². The molecule has 2 aliphatic heterocycles. The first-order valence-corrected chi connectivity index (χ1v) is 9.52. The first-order chi connectivity index (χ1) is 11.7. The minimum absolute atomic E-state index is 0.157. The second kappa shape index (κ2) is 6.73. The molecule has 6 nitrogen and oxygen atoms in total. The minimum atomic E-state index is -4.69. The highest BCUT2D eigenvalue weighted by Gasteiger charge is 2.39. The summed E-state index contributed by atoms with van der Waals surface area (Å²) in [6.07, 6.45) is -1.80. The van der Waals surface area contributed by atoms with Crippen LogP contribution in [0.4, 0.5) is 19.0 Å². The van der Waals surface area contributed by atoms with Crippen LogP contribution in [0.25, 0.3) is 0 Å². The number of aromatic nitrogens is 1. The number of sulfonamides is 1. The summed E-state index contributed by atoms with van der Waals surface area (Å²) in [4.78, 5) is 4.96. The average molecular weight is 379 g/mol. The van der Waals surface area contributed by atoms with Gasteiger partial charge in [0, 0.05) is 39.5 Å². The van der Waals surface area contributed by atoms with Crippen molar-refractivity contribution in [3.63, 3.8) is 0 Å². The SMILES string of the molecule is CO[C@@H]1CCN(c2ncc(S(=O)(=O)N3CCCC3)cc2C(F)(F)F)C1. The van der Waals surface area contributed by atoms with Crippen molar-refractivity contribution in [3.8, 4) is 0 Å². The van der Waals surface area contributed by atoms with Crippen LogP contribution in [0.2, 0.25) is 0 Å². The molecule has 1 aromatic heterocycles. The molecule has 0 saturated carbocycles. The molecule has 3 heterocycles. The molecule has 1 atom stereocenters. The zero-order chi connectivity index (χ0) is 18.2. The van der Waals surface area contributed by atoms with Crippen LogP contribution in [-0.2, 0) is 20.9 Å². The highest BCUT2D eigenvalue weighted by molar-refractivity contribution is 7.89. The summed E-state index contributed by atoms with van der Waals surface area (Å²) in [6.45, 7) is 1.33. The second-order valence-corrected chi connectivity index (χ2v) is 8.18. The van der Waals surface area contributed by atoms with Crippen LogP contribution in [0.5, 0.6) is 0 Å². The Labute approximate surface area is 144 Å². The van der Waals surface area contributed by atoms with E-state index in [1.54, 1.807) is 0 Å². The largest absolute Gasteiger partial charge is 0.420 e. The molecule has 0 spiro atoms. The first-order valence-electron chi connectivity index (χ1n) is 8.08. The van der Waals surface area contributed by atoms with Gasteiger partial charge in [0.1, 0.15) is 10.7 Å². The average Bonchev–Trinajstić information content (AvgIpc) is 3.25. The maximum absolute atomic E-state index is 13.5. The van der Waals surface area contributed by atoms with E-state index in [0.717, 1.165) is 6.20 Å². The summed E-state index contributed by atoms with van der Waals surface area (Å²) in [7, 11) is -2.44. The number of alkyl halides is 3. The van der Waals surface area contributed by atoms with Crippen molar-refractivity contribution in [3.05, 3.63) is 17.8 Å². The van der Waals surface area contributed by atoms with Crippen LogP contribution in [0.3, 0.4) is 0 Å². The standard InChI is InChI=1S/C15H20F3N3O3S/c1-24-11-4-7-20(10-11)14-13(15(16,17)18)8-12(9-19-14)25(22,23)21-5-2-3-6-21/h8-9,11H,2-7,10H2,1H3/t11-/m1/s1. The van der Waals surface area contributed by atoms with Gasteiger partial charge in [-0.2, -0.15) is 17.5 Å². The lowest BCUT2D eigenvalue weighted by atomic mass is 10.2. The molecule has 0 radical (unpaired) electrons. The molecular formula is C15H20F3N3O3S. The lowest BCUT2D eigenvalue weighted by molar-refractivity contribution is -0.137. The van der Waals surface area contributed by atoms with E-state index in [0.29, 0.717) is 51.5 Å². The maximum atomic E-state index is 13.5. The third-order valence-corrected chi connectivity index (χ3v) is 6.49. The van der Waals surface area contributed by atoms with Crippen molar-refractivity contribution in [2.45, 2.75) is 36.4 Å². The molecule has 2 saturated heterocycles. The predicted octanol–water partition coefficient (Wildman–Crippen LogP) is 2.11. The van der Waals surface area contributed by atoms with Crippen molar-refractivity contribution < 1.29 is 26.3 Å². The molecular weight excluding hydrogens is 359 g/mol. The third-order valence-electron chi connectivity index (χ3n) is 4.63. The Morgan fingerprint density at radius 2 is 1.92 bits per heavy atom. The van der Waals surface area contributed by atoms with Gasteiger partial charge in [-0.15, -0.1) is 0 Å². The van der Waals surface area contributed by atoms with Gasteiger partial charge >= 0.3 is 6.18 Å². The Kier molecular flexibility index (Phi) is 4.95. The molecule has 10 heteroatoms. The maximum Gasteiger partial charge on any atom is 0.420 e. The fourth-order valence-corrected chi connectivity index (χ4v) is 4.72. The quantitative estimate of drug-likeness (QED) is 0.802. The second-order valence-electron chi connectivity index (χ2n) is 6.24. The van der Waals surface area contributed by atoms with E-state index in [1.165, 1.54) is 16.3 Å². The first kappa shape index (κ1) is 18.4. The van der Waals surface area contributed by atoms with Crippen LogP contribution in [0.15, 0.2) is 17.2 Å². The number of halogens is 3. The number of hydrogen-bond donors (Lipinski definition) is 0. The number of ether oxygens (including phenoxy) is 1. The molecule has 25 heavy (non-hydrogen) atoms. The van der Waals surface area contributed by atoms with Crippen molar-refractivity contribution in [2.24, 2.45) is 0 Å². The van der Waals surface area contributed by atoms with E-state index in [2.05, 4.69) is 4.98 Å². The van der Waals surface area contributed by atoms with Gasteiger partial charge in [0.2, 0.25) is 10.0 Å². The van der Waals surface area contributed by atoms with Crippen LogP contribution in [-0.4, -0.2) is 57.1 Å². The fraction of sp³-hybridized carbons (Fsp3) is 0.667. The Morgan fingerprint density at radius 1 is 1.24 bits per heavy atom. The van der Waals surface area contributed by atoms with E-state index >= 15 is 0 Å². The van der Waals surface area contributed by atoms with Crippen LogP contribution in [0, 0.1) is 0 Å². The van der Waals surface area contributed by atoms with Crippen LogP contribution < -0.4 is 4.90 Å². The van der Waals surface area contributed by atoms with Crippen LogP contribution in [0.1, 0.15) is 24.8 Å².